The molecule has 1 saturated heterocycles. The van der Waals surface area contributed by atoms with Crippen LogP contribution in [0, 0.1) is 11.8 Å². The van der Waals surface area contributed by atoms with Gasteiger partial charge in [-0.25, -0.2) is 9.59 Å². The van der Waals surface area contributed by atoms with Crippen LogP contribution in [0.4, 0.5) is 10.5 Å². The number of rotatable bonds is 4. The number of carbonyl (C=O) groups is 3. The second-order valence-corrected chi connectivity index (χ2v) is 6.39. The molecule has 0 radical (unpaired) electrons. The molecule has 2 rings (SSSR count). The van der Waals surface area contributed by atoms with Crippen molar-refractivity contribution in [3.63, 3.8) is 0 Å². The molecule has 7 heteroatoms. The van der Waals surface area contributed by atoms with Crippen molar-refractivity contribution in [2.45, 2.75) is 20.3 Å². The largest absolute Gasteiger partial charge is 0.452 e. The van der Waals surface area contributed by atoms with E-state index >= 15 is 0 Å². The number of anilines is 1. The summed E-state index contributed by atoms with van der Waals surface area (Å²) in [6.07, 6.45) is 1.10. The van der Waals surface area contributed by atoms with Gasteiger partial charge in [-0.15, -0.1) is 0 Å². The number of urea groups is 1. The summed E-state index contributed by atoms with van der Waals surface area (Å²) in [5.74, 6) is 0.0951. The smallest absolute Gasteiger partial charge is 0.338 e. The Morgan fingerprint density at radius 2 is 1.92 bits per heavy atom. The average Bonchev–Trinajstić information content (AvgIpc) is 2.51. The van der Waals surface area contributed by atoms with Crippen molar-refractivity contribution in [2.75, 3.05) is 25.0 Å². The SMILES string of the molecule is C[C@@H]1C[C@@H](C)CN(C(=O)COC(=O)c2cccc(NC(N)=O)c2)C1. The summed E-state index contributed by atoms with van der Waals surface area (Å²) in [7, 11) is 0. The second kappa shape index (κ2) is 7.81. The third-order valence-electron chi connectivity index (χ3n) is 3.91. The second-order valence-electron chi connectivity index (χ2n) is 6.39. The number of ether oxygens (including phenoxy) is 1. The predicted molar refractivity (Wildman–Crippen MR) is 89.5 cm³/mol. The number of amides is 3. The highest BCUT2D eigenvalue weighted by Crippen LogP contribution is 2.21. The van der Waals surface area contributed by atoms with Crippen LogP contribution in [0.3, 0.4) is 0 Å². The lowest BCUT2D eigenvalue weighted by Crippen LogP contribution is -2.44. The molecule has 0 saturated carbocycles. The molecular weight excluding hydrogens is 310 g/mol. The Bertz CT molecular complexity index is 622. The maximum absolute atomic E-state index is 12.2. The molecule has 7 nitrogen and oxygen atoms in total. The van der Waals surface area contributed by atoms with Crippen LogP contribution in [0.5, 0.6) is 0 Å². The van der Waals surface area contributed by atoms with Gasteiger partial charge in [0.1, 0.15) is 0 Å². The topological polar surface area (TPSA) is 102 Å². The van der Waals surface area contributed by atoms with E-state index in [0.717, 1.165) is 6.42 Å². The summed E-state index contributed by atoms with van der Waals surface area (Å²) >= 11 is 0. The van der Waals surface area contributed by atoms with E-state index in [9.17, 15) is 14.4 Å². The first-order valence-electron chi connectivity index (χ1n) is 7.96. The van der Waals surface area contributed by atoms with Crippen molar-refractivity contribution in [3.05, 3.63) is 29.8 Å². The minimum Gasteiger partial charge on any atom is -0.452 e. The molecule has 1 aliphatic rings. The zero-order valence-electron chi connectivity index (χ0n) is 14.0. The van der Waals surface area contributed by atoms with E-state index in [1.807, 2.05) is 0 Å². The van der Waals surface area contributed by atoms with Crippen molar-refractivity contribution < 1.29 is 19.1 Å². The van der Waals surface area contributed by atoms with Gasteiger partial charge >= 0.3 is 12.0 Å². The summed E-state index contributed by atoms with van der Waals surface area (Å²) in [5, 5.41) is 2.38. The van der Waals surface area contributed by atoms with E-state index in [1.165, 1.54) is 6.07 Å². The van der Waals surface area contributed by atoms with Gasteiger partial charge in [-0.3, -0.25) is 4.79 Å². The quantitative estimate of drug-likeness (QED) is 0.821. The van der Waals surface area contributed by atoms with Crippen molar-refractivity contribution >= 4 is 23.6 Å². The van der Waals surface area contributed by atoms with E-state index in [0.29, 0.717) is 30.6 Å². The predicted octanol–water partition coefficient (Wildman–Crippen LogP) is 1.84. The lowest BCUT2D eigenvalue weighted by Gasteiger charge is -2.34. The highest BCUT2D eigenvalue weighted by molar-refractivity contribution is 5.94. The molecule has 0 unspecified atom stereocenters. The van der Waals surface area contributed by atoms with Crippen LogP contribution in [0.1, 0.15) is 30.6 Å². The Labute approximate surface area is 141 Å². The summed E-state index contributed by atoms with van der Waals surface area (Å²) in [6, 6.07) is 5.47. The van der Waals surface area contributed by atoms with Gasteiger partial charge in [0.2, 0.25) is 0 Å². The molecule has 1 aromatic rings. The van der Waals surface area contributed by atoms with Crippen LogP contribution >= 0.6 is 0 Å². The zero-order chi connectivity index (χ0) is 17.7. The Hall–Kier alpha value is -2.57. The minimum absolute atomic E-state index is 0.187. The number of benzene rings is 1. The fourth-order valence-electron chi connectivity index (χ4n) is 3.03. The summed E-state index contributed by atoms with van der Waals surface area (Å²) in [4.78, 5) is 36.9. The molecular formula is C17H23N3O4. The number of piperidine rings is 1. The first kappa shape index (κ1) is 17.8. The van der Waals surface area contributed by atoms with Crippen LogP contribution in [0.15, 0.2) is 24.3 Å². The Morgan fingerprint density at radius 3 is 2.54 bits per heavy atom. The minimum atomic E-state index is -0.718. The standard InChI is InChI=1S/C17H23N3O4/c1-11-6-12(2)9-20(8-11)15(21)10-24-16(22)13-4-3-5-14(7-13)19-17(18)23/h3-5,7,11-12H,6,8-10H2,1-2H3,(H3,18,19,23)/t11-,12-/m1/s1. The molecule has 0 bridgehead atoms. The molecule has 0 aromatic heterocycles. The third kappa shape index (κ3) is 4.97. The Balaban J connectivity index is 1.90. The van der Waals surface area contributed by atoms with Gasteiger partial charge in [0.25, 0.3) is 5.91 Å². The number of hydrogen-bond acceptors (Lipinski definition) is 4. The molecule has 1 aromatic carbocycles. The lowest BCUT2D eigenvalue weighted by atomic mass is 9.92. The fraction of sp³-hybridized carbons (Fsp3) is 0.471. The average molecular weight is 333 g/mol. The third-order valence-corrected chi connectivity index (χ3v) is 3.91. The van der Waals surface area contributed by atoms with Gasteiger partial charge in [0.15, 0.2) is 6.61 Å². The number of nitrogens with one attached hydrogen (secondary N) is 1. The maximum Gasteiger partial charge on any atom is 0.338 e. The number of carbonyl (C=O) groups excluding carboxylic acids is 3. The van der Waals surface area contributed by atoms with Crippen LogP contribution < -0.4 is 11.1 Å². The summed E-state index contributed by atoms with van der Waals surface area (Å²) < 4.78 is 5.10. The van der Waals surface area contributed by atoms with Gasteiger partial charge in [0, 0.05) is 18.8 Å². The van der Waals surface area contributed by atoms with E-state index < -0.39 is 12.0 Å². The molecule has 0 spiro atoms. The highest BCUT2D eigenvalue weighted by Gasteiger charge is 2.26. The van der Waals surface area contributed by atoms with E-state index in [1.54, 1.807) is 23.1 Å². The van der Waals surface area contributed by atoms with Crippen molar-refractivity contribution in [2.24, 2.45) is 17.6 Å². The first-order valence-corrected chi connectivity index (χ1v) is 7.96. The monoisotopic (exact) mass is 333 g/mol. The summed E-state index contributed by atoms with van der Waals surface area (Å²) in [5.41, 5.74) is 5.67. The van der Waals surface area contributed by atoms with Crippen LogP contribution in [0.25, 0.3) is 0 Å². The van der Waals surface area contributed by atoms with Crippen LogP contribution in [-0.2, 0) is 9.53 Å². The number of esters is 1. The van der Waals surface area contributed by atoms with Crippen molar-refractivity contribution in [1.29, 1.82) is 0 Å². The van der Waals surface area contributed by atoms with Crippen LogP contribution in [-0.4, -0.2) is 42.5 Å². The molecule has 0 aliphatic carbocycles. The molecule has 3 N–H and O–H groups in total. The van der Waals surface area contributed by atoms with Crippen LogP contribution in [0.2, 0.25) is 0 Å². The number of primary amides is 1. The number of nitrogens with two attached hydrogens (primary N) is 1. The Kier molecular flexibility index (Phi) is 5.78. The van der Waals surface area contributed by atoms with Gasteiger partial charge in [-0.1, -0.05) is 19.9 Å². The molecule has 130 valence electrons. The van der Waals surface area contributed by atoms with Crippen molar-refractivity contribution in [3.8, 4) is 0 Å². The van der Waals surface area contributed by atoms with E-state index in [-0.39, 0.29) is 18.1 Å². The molecule has 1 fully saturated rings. The lowest BCUT2D eigenvalue weighted by molar-refractivity contribution is -0.137. The Morgan fingerprint density at radius 1 is 1.25 bits per heavy atom. The molecule has 24 heavy (non-hydrogen) atoms. The van der Waals surface area contributed by atoms with Gasteiger partial charge < -0.3 is 20.7 Å². The fourth-order valence-corrected chi connectivity index (χ4v) is 3.03. The van der Waals surface area contributed by atoms with E-state index in [2.05, 4.69) is 19.2 Å². The number of hydrogen-bond donors (Lipinski definition) is 2. The first-order chi connectivity index (χ1) is 11.3. The molecule has 2 atom stereocenters. The van der Waals surface area contributed by atoms with Crippen molar-refractivity contribution in [1.82, 2.24) is 4.90 Å². The van der Waals surface area contributed by atoms with Gasteiger partial charge in [-0.2, -0.15) is 0 Å². The normalized spacial score (nSPS) is 20.3. The summed E-state index contributed by atoms with van der Waals surface area (Å²) in [6.45, 7) is 5.32. The zero-order valence-corrected chi connectivity index (χ0v) is 14.0. The van der Waals surface area contributed by atoms with E-state index in [4.69, 9.17) is 10.5 Å². The molecule has 1 heterocycles. The molecule has 3 amide bonds. The number of likely N-dealkylation sites (tertiary alicyclic amines) is 1. The molecule has 1 aliphatic heterocycles. The number of nitrogens with zero attached hydrogens (tertiary/aromatic N) is 1. The van der Waals surface area contributed by atoms with Gasteiger partial charge in [-0.05, 0) is 36.5 Å². The maximum atomic E-state index is 12.2. The highest BCUT2D eigenvalue weighted by atomic mass is 16.5. The van der Waals surface area contributed by atoms with Gasteiger partial charge in [0.05, 0.1) is 5.56 Å².